The third-order valence-electron chi connectivity index (χ3n) is 4.33. The first-order valence-corrected chi connectivity index (χ1v) is 9.62. The summed E-state index contributed by atoms with van der Waals surface area (Å²) in [6.07, 6.45) is 2.17. The average Bonchev–Trinajstić information content (AvgIpc) is 3.11. The third-order valence-corrected chi connectivity index (χ3v) is 5.39. The van der Waals surface area contributed by atoms with Crippen molar-refractivity contribution in [2.45, 2.75) is 25.9 Å². The van der Waals surface area contributed by atoms with E-state index in [0.717, 1.165) is 24.1 Å². The Morgan fingerprint density at radius 2 is 1.96 bits per heavy atom. The van der Waals surface area contributed by atoms with E-state index in [0.29, 0.717) is 34.3 Å². The molecule has 1 amide bonds. The molecule has 3 aromatic rings. The van der Waals surface area contributed by atoms with Crippen LogP contribution in [0.1, 0.15) is 44.1 Å². The van der Waals surface area contributed by atoms with E-state index in [9.17, 15) is 9.59 Å². The number of nitrogens with zero attached hydrogens (tertiary/aromatic N) is 1. The number of carbonyl (C=O) groups is 2. The van der Waals surface area contributed by atoms with Crippen molar-refractivity contribution in [2.75, 3.05) is 5.32 Å². The first-order chi connectivity index (χ1) is 13.2. The number of fused-ring (bicyclic) bond motifs is 1. The van der Waals surface area contributed by atoms with Crippen LogP contribution in [0.3, 0.4) is 0 Å². The molecule has 1 aliphatic carbocycles. The molecule has 0 unspecified atom stereocenters. The quantitative estimate of drug-likeness (QED) is 0.710. The molecule has 0 aliphatic heterocycles. The smallest absolute Gasteiger partial charge is 0.257 e. The number of ketones is 1. The van der Waals surface area contributed by atoms with Crippen molar-refractivity contribution in [1.82, 2.24) is 4.98 Å². The van der Waals surface area contributed by atoms with E-state index in [1.165, 1.54) is 11.3 Å². The van der Waals surface area contributed by atoms with Gasteiger partial charge in [0.1, 0.15) is 12.4 Å². The lowest BCUT2D eigenvalue weighted by Crippen LogP contribution is -2.12. The summed E-state index contributed by atoms with van der Waals surface area (Å²) in [6.45, 7) is 0.438. The number of rotatable bonds is 5. The Kier molecular flexibility index (Phi) is 4.98. The molecular weight excluding hydrogens is 360 g/mol. The summed E-state index contributed by atoms with van der Waals surface area (Å²) in [5.41, 5.74) is 2.34. The second kappa shape index (κ2) is 7.72. The zero-order chi connectivity index (χ0) is 18.6. The van der Waals surface area contributed by atoms with Gasteiger partial charge in [-0.2, -0.15) is 0 Å². The normalized spacial score (nSPS) is 13.1. The fourth-order valence-corrected chi connectivity index (χ4v) is 3.93. The van der Waals surface area contributed by atoms with Crippen molar-refractivity contribution >= 4 is 28.2 Å². The summed E-state index contributed by atoms with van der Waals surface area (Å²) in [6, 6.07) is 16.9. The van der Waals surface area contributed by atoms with Crippen molar-refractivity contribution in [3.8, 4) is 5.75 Å². The molecule has 0 fully saturated rings. The Bertz CT molecular complexity index is 982. The van der Waals surface area contributed by atoms with Crippen molar-refractivity contribution < 1.29 is 14.3 Å². The Morgan fingerprint density at radius 1 is 1.11 bits per heavy atom. The molecule has 0 atom stereocenters. The van der Waals surface area contributed by atoms with E-state index in [1.54, 1.807) is 18.2 Å². The number of anilines is 1. The van der Waals surface area contributed by atoms with Crippen LogP contribution in [0.5, 0.6) is 5.75 Å². The molecule has 0 radical (unpaired) electrons. The first kappa shape index (κ1) is 17.4. The number of nitrogens with one attached hydrogen (secondary N) is 1. The van der Waals surface area contributed by atoms with Gasteiger partial charge in [-0.25, -0.2) is 4.98 Å². The largest absolute Gasteiger partial charge is 0.489 e. The van der Waals surface area contributed by atoms with Crippen LogP contribution in [0.25, 0.3) is 0 Å². The highest BCUT2D eigenvalue weighted by Gasteiger charge is 2.23. The summed E-state index contributed by atoms with van der Waals surface area (Å²) in [5.74, 6) is 0.476. The number of amides is 1. The molecular formula is C21H18N2O3S. The van der Waals surface area contributed by atoms with Gasteiger partial charge in [0.25, 0.3) is 5.91 Å². The minimum atomic E-state index is -0.265. The summed E-state index contributed by atoms with van der Waals surface area (Å²) in [7, 11) is 0. The SMILES string of the molecule is O=C(Nc1nc2c(s1)C(=O)CCC2)c1cccc(OCc2ccccc2)c1. The Morgan fingerprint density at radius 3 is 2.78 bits per heavy atom. The van der Waals surface area contributed by atoms with Gasteiger partial charge in [-0.05, 0) is 36.6 Å². The Hall–Kier alpha value is -2.99. The van der Waals surface area contributed by atoms with Gasteiger partial charge in [0.2, 0.25) is 0 Å². The Balaban J connectivity index is 1.44. The summed E-state index contributed by atoms with van der Waals surface area (Å²) in [5, 5.41) is 3.27. The minimum Gasteiger partial charge on any atom is -0.489 e. The van der Waals surface area contributed by atoms with Crippen LogP contribution >= 0.6 is 11.3 Å². The van der Waals surface area contributed by atoms with Gasteiger partial charge < -0.3 is 4.74 Å². The number of hydrogen-bond acceptors (Lipinski definition) is 5. The number of hydrogen-bond donors (Lipinski definition) is 1. The standard InChI is InChI=1S/C21H18N2O3S/c24-18-11-5-10-17-19(18)27-21(22-17)23-20(25)15-8-4-9-16(12-15)26-13-14-6-2-1-3-7-14/h1-4,6-9,12H,5,10-11,13H2,(H,22,23,25). The number of aryl methyl sites for hydroxylation is 1. The molecule has 0 saturated heterocycles. The molecule has 5 nitrogen and oxygen atoms in total. The molecule has 0 spiro atoms. The maximum Gasteiger partial charge on any atom is 0.257 e. The molecule has 0 bridgehead atoms. The number of benzene rings is 2. The maximum absolute atomic E-state index is 12.5. The molecule has 1 aromatic heterocycles. The van der Waals surface area contributed by atoms with Crippen LogP contribution in [0.4, 0.5) is 5.13 Å². The van der Waals surface area contributed by atoms with E-state index >= 15 is 0 Å². The van der Waals surface area contributed by atoms with Crippen LogP contribution in [0.15, 0.2) is 54.6 Å². The lowest BCUT2D eigenvalue weighted by molar-refractivity contribution is 0.0975. The lowest BCUT2D eigenvalue weighted by Gasteiger charge is -2.08. The van der Waals surface area contributed by atoms with Crippen LogP contribution in [0, 0.1) is 0 Å². The van der Waals surface area contributed by atoms with Gasteiger partial charge in [0, 0.05) is 12.0 Å². The van der Waals surface area contributed by atoms with E-state index < -0.39 is 0 Å². The number of ether oxygens (including phenoxy) is 1. The first-order valence-electron chi connectivity index (χ1n) is 8.80. The van der Waals surface area contributed by atoms with Crippen LogP contribution in [-0.4, -0.2) is 16.7 Å². The third kappa shape index (κ3) is 4.06. The van der Waals surface area contributed by atoms with E-state index in [1.807, 2.05) is 36.4 Å². The fraction of sp³-hybridized carbons (Fsp3) is 0.190. The predicted octanol–water partition coefficient (Wildman–Crippen LogP) is 4.49. The van der Waals surface area contributed by atoms with Crippen molar-refractivity contribution in [3.63, 3.8) is 0 Å². The van der Waals surface area contributed by atoms with Crippen LogP contribution in [0.2, 0.25) is 0 Å². The highest BCUT2D eigenvalue weighted by Crippen LogP contribution is 2.30. The zero-order valence-corrected chi connectivity index (χ0v) is 15.4. The molecule has 4 rings (SSSR count). The molecule has 136 valence electrons. The van der Waals surface area contributed by atoms with E-state index in [2.05, 4.69) is 10.3 Å². The summed E-state index contributed by atoms with van der Waals surface area (Å²) >= 11 is 1.25. The second-order valence-electron chi connectivity index (χ2n) is 6.33. The number of Topliss-reactive ketones (excluding diaryl/α,β-unsaturated/α-hetero) is 1. The minimum absolute atomic E-state index is 0.116. The lowest BCUT2D eigenvalue weighted by atomic mass is 10.0. The molecule has 1 N–H and O–H groups in total. The molecule has 27 heavy (non-hydrogen) atoms. The number of aromatic nitrogens is 1. The zero-order valence-electron chi connectivity index (χ0n) is 14.6. The summed E-state index contributed by atoms with van der Waals surface area (Å²) in [4.78, 5) is 29.6. The fourth-order valence-electron chi connectivity index (χ4n) is 2.96. The Labute approximate surface area is 161 Å². The van der Waals surface area contributed by atoms with Gasteiger partial charge >= 0.3 is 0 Å². The molecule has 6 heteroatoms. The van der Waals surface area contributed by atoms with Gasteiger partial charge in [-0.1, -0.05) is 47.7 Å². The highest BCUT2D eigenvalue weighted by molar-refractivity contribution is 7.17. The van der Waals surface area contributed by atoms with Crippen LogP contribution < -0.4 is 10.1 Å². The van der Waals surface area contributed by atoms with E-state index in [-0.39, 0.29) is 11.7 Å². The van der Waals surface area contributed by atoms with Gasteiger partial charge in [-0.15, -0.1) is 0 Å². The van der Waals surface area contributed by atoms with Crippen molar-refractivity contribution in [3.05, 3.63) is 76.3 Å². The summed E-state index contributed by atoms with van der Waals surface area (Å²) < 4.78 is 5.78. The molecule has 0 saturated carbocycles. The monoisotopic (exact) mass is 378 g/mol. The van der Waals surface area contributed by atoms with Gasteiger partial charge in [0.05, 0.1) is 10.6 Å². The molecule has 1 aliphatic rings. The number of carbonyl (C=O) groups excluding carboxylic acids is 2. The average molecular weight is 378 g/mol. The van der Waals surface area contributed by atoms with Crippen molar-refractivity contribution in [2.24, 2.45) is 0 Å². The number of thiazole rings is 1. The van der Waals surface area contributed by atoms with Crippen molar-refractivity contribution in [1.29, 1.82) is 0 Å². The topological polar surface area (TPSA) is 68.3 Å². The van der Waals surface area contributed by atoms with Crippen LogP contribution in [-0.2, 0) is 13.0 Å². The highest BCUT2D eigenvalue weighted by atomic mass is 32.1. The molecule has 2 aromatic carbocycles. The molecule has 1 heterocycles. The second-order valence-corrected chi connectivity index (χ2v) is 7.33. The van der Waals surface area contributed by atoms with Gasteiger partial charge in [-0.3, -0.25) is 14.9 Å². The maximum atomic E-state index is 12.5. The van der Waals surface area contributed by atoms with Gasteiger partial charge in [0.15, 0.2) is 10.9 Å². The predicted molar refractivity (Wildman–Crippen MR) is 105 cm³/mol. The van der Waals surface area contributed by atoms with E-state index in [4.69, 9.17) is 4.74 Å².